The van der Waals surface area contributed by atoms with Crippen LogP contribution < -0.4 is 19.8 Å². The van der Waals surface area contributed by atoms with Gasteiger partial charge in [-0.25, -0.2) is 9.79 Å². The lowest BCUT2D eigenvalue weighted by Gasteiger charge is -2.26. The number of rotatable bonds is 6. The summed E-state index contributed by atoms with van der Waals surface area (Å²) < 4.78 is 18.9. The lowest BCUT2D eigenvalue weighted by atomic mass is 9.96. The van der Waals surface area contributed by atoms with Gasteiger partial charge < -0.3 is 18.8 Å². The van der Waals surface area contributed by atoms with E-state index >= 15 is 0 Å². The van der Waals surface area contributed by atoms with Gasteiger partial charge in [0.1, 0.15) is 5.76 Å². The maximum absolute atomic E-state index is 13.7. The first-order valence-electron chi connectivity index (χ1n) is 11.8. The van der Waals surface area contributed by atoms with E-state index in [1.165, 1.54) is 11.3 Å². The summed E-state index contributed by atoms with van der Waals surface area (Å²) in [4.78, 5) is 35.1. The van der Waals surface area contributed by atoms with Crippen molar-refractivity contribution in [1.82, 2.24) is 4.57 Å². The monoisotopic (exact) mass is 525 g/mol. The summed E-state index contributed by atoms with van der Waals surface area (Å²) in [6.07, 6.45) is 3.75. The second-order valence-electron chi connectivity index (χ2n) is 8.35. The summed E-state index contributed by atoms with van der Waals surface area (Å²) in [6, 6.07) is 11.0. The topological polar surface area (TPSA) is 86.3 Å². The minimum Gasteiger partial charge on any atom is -0.463 e. The molecule has 36 heavy (non-hydrogen) atoms. The maximum Gasteiger partial charge on any atom is 0.338 e. The number of thiazole rings is 1. The number of allylic oxidation sites excluding steroid dienone is 1. The molecule has 0 bridgehead atoms. The molecule has 3 aromatic rings. The minimum absolute atomic E-state index is 0.226. The number of esters is 1. The Kier molecular flexibility index (Phi) is 7.17. The molecule has 5 rings (SSSR count). The molecular weight excluding hydrogens is 498 g/mol. The van der Waals surface area contributed by atoms with Gasteiger partial charge in [-0.05, 0) is 43.9 Å². The highest BCUT2D eigenvalue weighted by atomic mass is 32.2. The van der Waals surface area contributed by atoms with Gasteiger partial charge in [-0.3, -0.25) is 9.36 Å². The average molecular weight is 526 g/mol. The molecule has 0 radical (unpaired) electrons. The van der Waals surface area contributed by atoms with Gasteiger partial charge >= 0.3 is 5.97 Å². The van der Waals surface area contributed by atoms with Crippen molar-refractivity contribution in [3.8, 4) is 0 Å². The Labute approximate surface area is 216 Å². The van der Waals surface area contributed by atoms with Crippen LogP contribution in [-0.4, -0.2) is 49.7 Å². The highest BCUT2D eigenvalue weighted by molar-refractivity contribution is 7.98. The quantitative estimate of drug-likeness (QED) is 0.361. The summed E-state index contributed by atoms with van der Waals surface area (Å²) in [5, 5.41) is 0. The molecule has 2 aromatic heterocycles. The predicted octanol–water partition coefficient (Wildman–Crippen LogP) is 2.95. The van der Waals surface area contributed by atoms with Gasteiger partial charge in [0.25, 0.3) is 5.56 Å². The highest BCUT2D eigenvalue weighted by Gasteiger charge is 2.33. The van der Waals surface area contributed by atoms with Crippen molar-refractivity contribution in [2.45, 2.75) is 24.8 Å². The van der Waals surface area contributed by atoms with Crippen LogP contribution in [0.25, 0.3) is 6.08 Å². The average Bonchev–Trinajstić information content (AvgIpc) is 3.48. The second kappa shape index (κ2) is 10.5. The summed E-state index contributed by atoms with van der Waals surface area (Å²) in [5.41, 5.74) is 1.52. The molecule has 188 valence electrons. The van der Waals surface area contributed by atoms with Gasteiger partial charge in [0.15, 0.2) is 10.7 Å². The molecule has 0 spiro atoms. The minimum atomic E-state index is -0.626. The molecule has 0 unspecified atom stereocenters. The van der Waals surface area contributed by atoms with Gasteiger partial charge in [-0.15, -0.1) is 11.8 Å². The van der Waals surface area contributed by atoms with Crippen LogP contribution in [0.2, 0.25) is 0 Å². The molecule has 2 aliphatic rings. The van der Waals surface area contributed by atoms with Crippen molar-refractivity contribution >= 4 is 41.0 Å². The maximum atomic E-state index is 13.7. The Morgan fingerprint density at radius 1 is 1.22 bits per heavy atom. The van der Waals surface area contributed by atoms with Crippen LogP contribution in [0.5, 0.6) is 0 Å². The van der Waals surface area contributed by atoms with Gasteiger partial charge in [-0.1, -0.05) is 23.5 Å². The largest absolute Gasteiger partial charge is 0.463 e. The Balaban J connectivity index is 1.60. The number of hydrogen-bond acceptors (Lipinski definition) is 9. The lowest BCUT2D eigenvalue weighted by Crippen LogP contribution is -2.39. The van der Waals surface area contributed by atoms with Crippen LogP contribution in [-0.2, 0) is 14.3 Å². The number of carbonyl (C=O) groups excluding carboxylic acids is 1. The Bertz CT molecular complexity index is 1480. The number of benzene rings is 1. The van der Waals surface area contributed by atoms with E-state index in [2.05, 4.69) is 9.89 Å². The van der Waals surface area contributed by atoms with Crippen LogP contribution in [0.1, 0.15) is 31.2 Å². The second-order valence-corrected chi connectivity index (χ2v) is 10.2. The van der Waals surface area contributed by atoms with Gasteiger partial charge in [0.05, 0.1) is 41.7 Å². The summed E-state index contributed by atoms with van der Waals surface area (Å²) in [5.74, 6) is 0.877. The zero-order valence-corrected chi connectivity index (χ0v) is 22.0. The number of nitrogens with zero attached hydrogens (tertiary/aromatic N) is 3. The molecule has 1 atom stereocenters. The molecule has 1 aromatic carbocycles. The fourth-order valence-electron chi connectivity index (χ4n) is 4.40. The molecule has 10 heteroatoms. The summed E-state index contributed by atoms with van der Waals surface area (Å²) in [6.45, 7) is 6.64. The van der Waals surface area contributed by atoms with Crippen LogP contribution >= 0.6 is 23.1 Å². The van der Waals surface area contributed by atoms with E-state index in [4.69, 9.17) is 13.9 Å². The first kappa shape index (κ1) is 24.6. The normalized spacial score (nSPS) is 18.2. The van der Waals surface area contributed by atoms with E-state index < -0.39 is 12.0 Å². The Morgan fingerprint density at radius 2 is 1.97 bits per heavy atom. The molecule has 0 N–H and O–H groups in total. The van der Waals surface area contributed by atoms with E-state index in [0.717, 1.165) is 29.4 Å². The Hall–Kier alpha value is -3.08. The van der Waals surface area contributed by atoms with E-state index in [1.807, 2.05) is 42.7 Å². The molecule has 0 amide bonds. The number of morpholine rings is 1. The number of aromatic nitrogens is 1. The highest BCUT2D eigenvalue weighted by Crippen LogP contribution is 2.31. The van der Waals surface area contributed by atoms with Crippen molar-refractivity contribution in [2.24, 2.45) is 4.99 Å². The first-order valence-corrected chi connectivity index (χ1v) is 13.8. The summed E-state index contributed by atoms with van der Waals surface area (Å²) in [7, 11) is 0. The van der Waals surface area contributed by atoms with Gasteiger partial charge in [-0.2, -0.15) is 0 Å². The van der Waals surface area contributed by atoms with Crippen molar-refractivity contribution in [1.29, 1.82) is 0 Å². The fraction of sp³-hybridized carbons (Fsp3) is 0.346. The SMILES string of the molecule is CCOC(=O)C1=C(C)N=c2s/c(=C/c3ccc(N4CCOCC4)o3)c(=O)n2[C@H]1c1ccc(SC)cc1. The van der Waals surface area contributed by atoms with Crippen molar-refractivity contribution in [3.63, 3.8) is 0 Å². The van der Waals surface area contributed by atoms with Crippen LogP contribution in [0.15, 0.2) is 66.8 Å². The summed E-state index contributed by atoms with van der Waals surface area (Å²) >= 11 is 2.91. The number of furan rings is 1. The third-order valence-electron chi connectivity index (χ3n) is 6.16. The third kappa shape index (κ3) is 4.68. The zero-order valence-electron chi connectivity index (χ0n) is 20.4. The molecule has 2 aliphatic heterocycles. The first-order chi connectivity index (χ1) is 17.5. The molecule has 8 nitrogen and oxygen atoms in total. The van der Waals surface area contributed by atoms with Gasteiger partial charge in [0, 0.05) is 30.1 Å². The van der Waals surface area contributed by atoms with Crippen LogP contribution in [0, 0.1) is 0 Å². The van der Waals surface area contributed by atoms with E-state index in [0.29, 0.717) is 39.6 Å². The molecule has 1 saturated heterocycles. The van der Waals surface area contributed by atoms with Crippen molar-refractivity contribution < 1.29 is 18.7 Å². The van der Waals surface area contributed by atoms with E-state index in [1.54, 1.807) is 36.3 Å². The lowest BCUT2D eigenvalue weighted by molar-refractivity contribution is -0.139. The molecule has 0 aliphatic carbocycles. The van der Waals surface area contributed by atoms with Crippen LogP contribution in [0.3, 0.4) is 0 Å². The number of anilines is 1. The number of hydrogen-bond donors (Lipinski definition) is 0. The van der Waals surface area contributed by atoms with E-state index in [9.17, 15) is 9.59 Å². The molecule has 1 fully saturated rings. The molecule has 0 saturated carbocycles. The smallest absolute Gasteiger partial charge is 0.338 e. The number of fused-ring (bicyclic) bond motifs is 1. The standard InChI is InChI=1S/C26H27N3O5S2/c1-4-33-25(31)22-16(2)27-26-29(23(22)17-5-8-19(35-3)9-6-17)24(30)20(36-26)15-18-7-10-21(34-18)28-11-13-32-14-12-28/h5-10,15,23H,4,11-14H2,1-3H3/b20-15+/t23-/m0/s1. The number of carbonyl (C=O) groups is 1. The Morgan fingerprint density at radius 3 is 2.67 bits per heavy atom. The molecular formula is C26H27N3O5S2. The number of ether oxygens (including phenoxy) is 2. The third-order valence-corrected chi connectivity index (χ3v) is 7.88. The van der Waals surface area contributed by atoms with Crippen molar-refractivity contribution in [2.75, 3.05) is 44.1 Å². The molecule has 4 heterocycles. The van der Waals surface area contributed by atoms with Crippen LogP contribution in [0.4, 0.5) is 5.88 Å². The van der Waals surface area contributed by atoms with Gasteiger partial charge in [0.2, 0.25) is 0 Å². The zero-order chi connectivity index (χ0) is 25.2. The van der Waals surface area contributed by atoms with Crippen molar-refractivity contribution in [3.05, 3.63) is 78.7 Å². The van der Waals surface area contributed by atoms with E-state index in [-0.39, 0.29) is 12.2 Å². The number of thioether (sulfide) groups is 1. The predicted molar refractivity (Wildman–Crippen MR) is 140 cm³/mol. The fourth-order valence-corrected chi connectivity index (χ4v) is 5.83.